The third kappa shape index (κ3) is 5.43. The first kappa shape index (κ1) is 22.4. The van der Waals surface area contributed by atoms with Crippen LogP contribution in [0.2, 0.25) is 0 Å². The van der Waals surface area contributed by atoms with E-state index < -0.39 is 0 Å². The normalized spacial score (nSPS) is 11.0. The summed E-state index contributed by atoms with van der Waals surface area (Å²) < 4.78 is 13.3. The van der Waals surface area contributed by atoms with Crippen molar-refractivity contribution in [1.29, 1.82) is 0 Å². The highest BCUT2D eigenvalue weighted by atomic mass is 16.5. The van der Waals surface area contributed by atoms with Crippen molar-refractivity contribution < 1.29 is 9.47 Å². The van der Waals surface area contributed by atoms with E-state index in [9.17, 15) is 0 Å². The quantitative estimate of drug-likeness (QED) is 0.482. The molecule has 0 unspecified atom stereocenters. The van der Waals surface area contributed by atoms with Gasteiger partial charge in [0.2, 0.25) is 5.95 Å². The Labute approximate surface area is 183 Å². The van der Waals surface area contributed by atoms with E-state index in [1.165, 1.54) is 0 Å². The van der Waals surface area contributed by atoms with E-state index in [0.717, 1.165) is 43.1 Å². The minimum atomic E-state index is 0.374. The maximum absolute atomic E-state index is 6.26. The van der Waals surface area contributed by atoms with Gasteiger partial charge < -0.3 is 25.4 Å². The average molecular weight is 426 g/mol. The number of aryl methyl sites for hydroxylation is 1. The van der Waals surface area contributed by atoms with Crippen molar-refractivity contribution in [3.05, 3.63) is 36.7 Å². The van der Waals surface area contributed by atoms with E-state index in [1.807, 2.05) is 35.9 Å². The highest BCUT2D eigenvalue weighted by Gasteiger charge is 2.13. The summed E-state index contributed by atoms with van der Waals surface area (Å²) in [4.78, 5) is 11.1. The number of methoxy groups -OCH3 is 1. The summed E-state index contributed by atoms with van der Waals surface area (Å²) in [6.07, 6.45) is 3.43. The molecule has 0 spiro atoms. The van der Waals surface area contributed by atoms with Gasteiger partial charge in [-0.25, -0.2) is 9.67 Å². The highest BCUT2D eigenvalue weighted by molar-refractivity contribution is 5.76. The minimum absolute atomic E-state index is 0.374. The molecule has 9 heteroatoms. The lowest BCUT2D eigenvalue weighted by atomic mass is 10.1. The molecule has 0 fully saturated rings. The van der Waals surface area contributed by atoms with E-state index in [1.54, 1.807) is 19.5 Å². The monoisotopic (exact) mass is 425 g/mol. The van der Waals surface area contributed by atoms with Crippen molar-refractivity contribution in [3.8, 4) is 22.6 Å². The molecule has 2 heterocycles. The van der Waals surface area contributed by atoms with Crippen LogP contribution >= 0.6 is 0 Å². The van der Waals surface area contributed by atoms with Gasteiger partial charge in [0, 0.05) is 30.9 Å². The van der Waals surface area contributed by atoms with E-state index in [-0.39, 0.29) is 0 Å². The van der Waals surface area contributed by atoms with Crippen LogP contribution in [-0.2, 0) is 6.54 Å². The number of nitrogens with two attached hydrogens (primary N) is 1. The van der Waals surface area contributed by atoms with Gasteiger partial charge in [-0.15, -0.1) is 0 Å². The Morgan fingerprint density at radius 1 is 1.13 bits per heavy atom. The SMILES string of the molecule is CCN(CC)CCOc1cc(-c2cnc(Nc3ccnn3CC)nc2N)ccc1OC. The predicted molar refractivity (Wildman–Crippen MR) is 123 cm³/mol. The Morgan fingerprint density at radius 2 is 1.94 bits per heavy atom. The Hall–Kier alpha value is -3.33. The molecule has 0 bridgehead atoms. The summed E-state index contributed by atoms with van der Waals surface area (Å²) in [5.41, 5.74) is 7.85. The lowest BCUT2D eigenvalue weighted by Gasteiger charge is -2.19. The van der Waals surface area contributed by atoms with Crippen LogP contribution < -0.4 is 20.5 Å². The van der Waals surface area contributed by atoms with Crippen LogP contribution in [0, 0.1) is 0 Å². The molecule has 3 rings (SSSR count). The molecule has 2 aromatic heterocycles. The van der Waals surface area contributed by atoms with Crippen LogP contribution in [0.3, 0.4) is 0 Å². The van der Waals surface area contributed by atoms with Crippen LogP contribution in [-0.4, -0.2) is 58.0 Å². The number of aromatic nitrogens is 4. The molecule has 0 aliphatic rings. The zero-order chi connectivity index (χ0) is 22.2. The molecule has 3 N–H and O–H groups in total. The first-order valence-corrected chi connectivity index (χ1v) is 10.5. The summed E-state index contributed by atoms with van der Waals surface area (Å²) in [5, 5.41) is 7.38. The van der Waals surface area contributed by atoms with Crippen LogP contribution in [0.15, 0.2) is 36.7 Å². The van der Waals surface area contributed by atoms with Crippen molar-refractivity contribution in [2.45, 2.75) is 27.3 Å². The molecule has 0 saturated carbocycles. The molecular formula is C22H31N7O2. The second kappa shape index (κ2) is 10.6. The van der Waals surface area contributed by atoms with Gasteiger partial charge in [0.15, 0.2) is 11.5 Å². The number of anilines is 3. The Balaban J connectivity index is 1.78. The number of hydrogen-bond acceptors (Lipinski definition) is 8. The van der Waals surface area contributed by atoms with Crippen molar-refractivity contribution in [2.24, 2.45) is 0 Å². The van der Waals surface area contributed by atoms with Gasteiger partial charge in [-0.05, 0) is 37.7 Å². The minimum Gasteiger partial charge on any atom is -0.493 e. The molecule has 0 saturated heterocycles. The fourth-order valence-electron chi connectivity index (χ4n) is 3.26. The highest BCUT2D eigenvalue weighted by Crippen LogP contribution is 2.34. The molecule has 166 valence electrons. The largest absolute Gasteiger partial charge is 0.493 e. The Bertz CT molecular complexity index is 986. The van der Waals surface area contributed by atoms with Gasteiger partial charge >= 0.3 is 0 Å². The van der Waals surface area contributed by atoms with Crippen LogP contribution in [0.1, 0.15) is 20.8 Å². The van der Waals surface area contributed by atoms with E-state index >= 15 is 0 Å². The third-order valence-corrected chi connectivity index (χ3v) is 5.11. The lowest BCUT2D eigenvalue weighted by Crippen LogP contribution is -2.27. The first-order chi connectivity index (χ1) is 15.1. The van der Waals surface area contributed by atoms with Crippen LogP contribution in [0.5, 0.6) is 11.5 Å². The van der Waals surface area contributed by atoms with Gasteiger partial charge in [-0.1, -0.05) is 19.9 Å². The van der Waals surface area contributed by atoms with Crippen molar-refractivity contribution in [1.82, 2.24) is 24.6 Å². The molecule has 3 aromatic rings. The van der Waals surface area contributed by atoms with Crippen molar-refractivity contribution in [2.75, 3.05) is 44.4 Å². The zero-order valence-electron chi connectivity index (χ0n) is 18.6. The standard InChI is InChI=1S/C22H31N7O2/c1-5-28(6-2)12-13-31-19-14-16(8-9-18(19)30-4)17-15-24-22(27-21(17)23)26-20-10-11-25-29(20)7-3/h8-11,14-15H,5-7,12-13H2,1-4H3,(H3,23,24,26,27). The third-order valence-electron chi connectivity index (χ3n) is 5.11. The number of likely N-dealkylation sites (N-methyl/N-ethyl adjacent to an activating group) is 1. The van der Waals surface area contributed by atoms with E-state index in [0.29, 0.717) is 29.9 Å². The number of rotatable bonds is 11. The summed E-state index contributed by atoms with van der Waals surface area (Å²) in [6.45, 7) is 10.4. The molecule has 0 atom stereocenters. The van der Waals surface area contributed by atoms with Gasteiger partial charge in [0.25, 0.3) is 0 Å². The summed E-state index contributed by atoms with van der Waals surface area (Å²) >= 11 is 0. The second-order valence-corrected chi connectivity index (χ2v) is 6.89. The number of nitrogen functional groups attached to an aromatic ring is 1. The number of nitrogens with zero attached hydrogens (tertiary/aromatic N) is 5. The number of nitrogens with one attached hydrogen (secondary N) is 1. The van der Waals surface area contributed by atoms with Crippen molar-refractivity contribution >= 4 is 17.6 Å². The average Bonchev–Trinajstić information content (AvgIpc) is 3.24. The van der Waals surface area contributed by atoms with Gasteiger partial charge in [-0.3, -0.25) is 0 Å². The Kier molecular flexibility index (Phi) is 7.66. The zero-order valence-corrected chi connectivity index (χ0v) is 18.6. The predicted octanol–water partition coefficient (Wildman–Crippen LogP) is 3.42. The fourth-order valence-corrected chi connectivity index (χ4v) is 3.26. The summed E-state index contributed by atoms with van der Waals surface area (Å²) in [5.74, 6) is 2.94. The fraction of sp³-hybridized carbons (Fsp3) is 0.409. The molecule has 0 radical (unpaired) electrons. The molecule has 0 aliphatic heterocycles. The van der Waals surface area contributed by atoms with Gasteiger partial charge in [0.1, 0.15) is 18.2 Å². The molecule has 9 nitrogen and oxygen atoms in total. The van der Waals surface area contributed by atoms with Gasteiger partial charge in [0.05, 0.1) is 13.3 Å². The summed E-state index contributed by atoms with van der Waals surface area (Å²) in [6, 6.07) is 7.56. The number of hydrogen-bond donors (Lipinski definition) is 2. The van der Waals surface area contributed by atoms with E-state index in [2.05, 4.69) is 39.1 Å². The maximum atomic E-state index is 6.26. The van der Waals surface area contributed by atoms with Crippen LogP contribution in [0.4, 0.5) is 17.6 Å². The molecular weight excluding hydrogens is 394 g/mol. The number of benzene rings is 1. The van der Waals surface area contributed by atoms with Gasteiger partial charge in [-0.2, -0.15) is 10.1 Å². The lowest BCUT2D eigenvalue weighted by molar-refractivity contribution is 0.217. The van der Waals surface area contributed by atoms with Crippen LogP contribution in [0.25, 0.3) is 11.1 Å². The smallest absolute Gasteiger partial charge is 0.230 e. The topological polar surface area (TPSA) is 103 Å². The Morgan fingerprint density at radius 3 is 2.61 bits per heavy atom. The number of ether oxygens (including phenoxy) is 2. The van der Waals surface area contributed by atoms with Crippen molar-refractivity contribution in [3.63, 3.8) is 0 Å². The second-order valence-electron chi connectivity index (χ2n) is 6.89. The molecule has 0 amide bonds. The summed E-state index contributed by atoms with van der Waals surface area (Å²) in [7, 11) is 1.63. The first-order valence-electron chi connectivity index (χ1n) is 10.5. The maximum Gasteiger partial charge on any atom is 0.230 e. The van der Waals surface area contributed by atoms with E-state index in [4.69, 9.17) is 15.2 Å². The molecule has 31 heavy (non-hydrogen) atoms. The molecule has 1 aromatic carbocycles. The molecule has 0 aliphatic carbocycles.